The third-order valence-corrected chi connectivity index (χ3v) is 4.11. The minimum Gasteiger partial charge on any atom is -0.367 e. The van der Waals surface area contributed by atoms with Crippen molar-refractivity contribution in [1.29, 1.82) is 0 Å². The minimum atomic E-state index is 0. The van der Waals surface area contributed by atoms with Crippen LogP contribution in [0.2, 0.25) is 0 Å². The molecule has 2 aromatic carbocycles. The molecule has 3 rings (SSSR count). The highest BCUT2D eigenvalue weighted by Gasteiger charge is 2.15. The van der Waals surface area contributed by atoms with Crippen LogP contribution in [-0.2, 0) is 4.74 Å². The van der Waals surface area contributed by atoms with Crippen molar-refractivity contribution in [3.63, 3.8) is 0 Å². The van der Waals surface area contributed by atoms with E-state index in [9.17, 15) is 0 Å². The normalized spacial score (nSPS) is 14.7. The van der Waals surface area contributed by atoms with Crippen LogP contribution in [0.4, 0.5) is 0 Å². The SMILES string of the molecule is Cl.Cl.c1ccc(C(OCCN2CCNCC2)c2ccccc2)cc1. The van der Waals surface area contributed by atoms with Crippen molar-refractivity contribution in [2.75, 3.05) is 39.3 Å². The van der Waals surface area contributed by atoms with Crippen LogP contribution in [-0.4, -0.2) is 44.2 Å². The maximum Gasteiger partial charge on any atom is 0.108 e. The van der Waals surface area contributed by atoms with E-state index in [0.717, 1.165) is 39.3 Å². The number of hydrogen-bond acceptors (Lipinski definition) is 3. The van der Waals surface area contributed by atoms with Crippen molar-refractivity contribution in [2.24, 2.45) is 0 Å². The number of ether oxygens (including phenoxy) is 1. The van der Waals surface area contributed by atoms with E-state index in [1.807, 2.05) is 12.1 Å². The molecule has 0 amide bonds. The fourth-order valence-corrected chi connectivity index (χ4v) is 2.87. The van der Waals surface area contributed by atoms with Gasteiger partial charge in [-0.05, 0) is 11.1 Å². The number of hydrogen-bond donors (Lipinski definition) is 1. The topological polar surface area (TPSA) is 24.5 Å². The molecule has 1 saturated heterocycles. The van der Waals surface area contributed by atoms with Gasteiger partial charge < -0.3 is 10.1 Å². The van der Waals surface area contributed by atoms with Gasteiger partial charge in [0.25, 0.3) is 0 Å². The molecule has 132 valence electrons. The third-order valence-electron chi connectivity index (χ3n) is 4.11. The smallest absolute Gasteiger partial charge is 0.108 e. The quantitative estimate of drug-likeness (QED) is 0.843. The first kappa shape index (κ1) is 20.9. The average Bonchev–Trinajstić information content (AvgIpc) is 2.61. The van der Waals surface area contributed by atoms with Crippen molar-refractivity contribution < 1.29 is 4.74 Å². The molecule has 0 unspecified atom stereocenters. The van der Waals surface area contributed by atoms with Gasteiger partial charge in [0.2, 0.25) is 0 Å². The molecule has 1 aliphatic heterocycles. The molecule has 0 saturated carbocycles. The summed E-state index contributed by atoms with van der Waals surface area (Å²) in [4.78, 5) is 2.46. The second kappa shape index (κ2) is 11.5. The Morgan fingerprint density at radius 2 is 1.33 bits per heavy atom. The van der Waals surface area contributed by atoms with Crippen molar-refractivity contribution in [2.45, 2.75) is 6.10 Å². The zero-order chi connectivity index (χ0) is 15.0. The van der Waals surface area contributed by atoms with Crippen LogP contribution in [0, 0.1) is 0 Å². The zero-order valence-corrected chi connectivity index (χ0v) is 15.4. The highest BCUT2D eigenvalue weighted by Crippen LogP contribution is 2.25. The maximum absolute atomic E-state index is 6.25. The summed E-state index contributed by atoms with van der Waals surface area (Å²) in [6.45, 7) is 6.16. The van der Waals surface area contributed by atoms with Gasteiger partial charge in [0.1, 0.15) is 6.10 Å². The molecule has 1 N–H and O–H groups in total. The lowest BCUT2D eigenvalue weighted by Crippen LogP contribution is -2.44. The monoisotopic (exact) mass is 368 g/mol. The first-order valence-electron chi connectivity index (χ1n) is 8.08. The predicted octanol–water partition coefficient (Wildman–Crippen LogP) is 3.54. The summed E-state index contributed by atoms with van der Waals surface area (Å²) in [6.07, 6.45) is 0.0188. The fraction of sp³-hybridized carbons (Fsp3) is 0.368. The first-order chi connectivity index (χ1) is 10.9. The Bertz CT molecular complexity index is 508. The first-order valence-corrected chi connectivity index (χ1v) is 8.08. The van der Waals surface area contributed by atoms with Gasteiger partial charge in [0, 0.05) is 32.7 Å². The van der Waals surface area contributed by atoms with Gasteiger partial charge in [0.05, 0.1) is 6.61 Å². The third kappa shape index (κ3) is 6.08. The number of nitrogens with zero attached hydrogens (tertiary/aromatic N) is 1. The Hall–Kier alpha value is -1.10. The number of halogens is 2. The fourth-order valence-electron chi connectivity index (χ4n) is 2.87. The van der Waals surface area contributed by atoms with Crippen molar-refractivity contribution in [1.82, 2.24) is 10.2 Å². The maximum atomic E-state index is 6.25. The molecule has 0 aromatic heterocycles. The number of benzene rings is 2. The molecular weight excluding hydrogens is 343 g/mol. The van der Waals surface area contributed by atoms with E-state index in [4.69, 9.17) is 4.74 Å². The summed E-state index contributed by atoms with van der Waals surface area (Å²) in [5.74, 6) is 0. The molecule has 1 heterocycles. The standard InChI is InChI=1S/C19H24N2O.2ClH/c1-3-7-17(8-4-1)19(18-9-5-2-6-10-18)22-16-15-21-13-11-20-12-14-21;;/h1-10,19-20H,11-16H2;2*1H. The molecule has 0 aliphatic carbocycles. The Morgan fingerprint density at radius 1 is 0.833 bits per heavy atom. The van der Waals surface area contributed by atoms with Gasteiger partial charge in [-0.1, -0.05) is 60.7 Å². The van der Waals surface area contributed by atoms with E-state index in [0.29, 0.717) is 0 Å². The molecule has 24 heavy (non-hydrogen) atoms. The summed E-state index contributed by atoms with van der Waals surface area (Å²) < 4.78 is 6.25. The van der Waals surface area contributed by atoms with Crippen molar-refractivity contribution >= 4 is 24.8 Å². The van der Waals surface area contributed by atoms with Crippen LogP contribution in [0.3, 0.4) is 0 Å². The summed E-state index contributed by atoms with van der Waals surface area (Å²) in [6, 6.07) is 21.0. The molecule has 0 atom stereocenters. The molecule has 1 aliphatic rings. The average molecular weight is 369 g/mol. The van der Waals surface area contributed by atoms with Crippen molar-refractivity contribution in [3.8, 4) is 0 Å². The Kier molecular flexibility index (Phi) is 9.99. The number of piperazine rings is 1. The van der Waals surface area contributed by atoms with E-state index in [-0.39, 0.29) is 30.9 Å². The van der Waals surface area contributed by atoms with E-state index in [1.165, 1.54) is 11.1 Å². The number of rotatable bonds is 6. The molecule has 5 heteroatoms. The number of nitrogens with one attached hydrogen (secondary N) is 1. The molecule has 3 nitrogen and oxygen atoms in total. The lowest BCUT2D eigenvalue weighted by atomic mass is 10.0. The lowest BCUT2D eigenvalue weighted by molar-refractivity contribution is 0.0573. The molecule has 1 fully saturated rings. The van der Waals surface area contributed by atoms with Gasteiger partial charge in [0.15, 0.2) is 0 Å². The lowest BCUT2D eigenvalue weighted by Gasteiger charge is -2.28. The van der Waals surface area contributed by atoms with Crippen molar-refractivity contribution in [3.05, 3.63) is 71.8 Å². The Morgan fingerprint density at radius 3 is 1.83 bits per heavy atom. The van der Waals surface area contributed by atoms with Crippen LogP contribution in [0.25, 0.3) is 0 Å². The van der Waals surface area contributed by atoms with E-state index in [2.05, 4.69) is 58.7 Å². The second-order valence-electron chi connectivity index (χ2n) is 5.66. The summed E-state index contributed by atoms with van der Waals surface area (Å²) in [5.41, 5.74) is 2.43. The van der Waals surface area contributed by atoms with Crippen LogP contribution < -0.4 is 5.32 Å². The van der Waals surface area contributed by atoms with Gasteiger partial charge in [-0.15, -0.1) is 24.8 Å². The predicted molar refractivity (Wildman–Crippen MR) is 104 cm³/mol. The van der Waals surface area contributed by atoms with Crippen LogP contribution in [0.5, 0.6) is 0 Å². The van der Waals surface area contributed by atoms with E-state index in [1.54, 1.807) is 0 Å². The Labute approximate surface area is 157 Å². The minimum absolute atomic E-state index is 0. The molecule has 2 aromatic rings. The van der Waals surface area contributed by atoms with Gasteiger partial charge in [-0.25, -0.2) is 0 Å². The summed E-state index contributed by atoms with van der Waals surface area (Å²) in [7, 11) is 0. The molecule has 0 bridgehead atoms. The molecular formula is C19H26Cl2N2O. The van der Waals surface area contributed by atoms with Crippen LogP contribution in [0.1, 0.15) is 17.2 Å². The van der Waals surface area contributed by atoms with Gasteiger partial charge >= 0.3 is 0 Å². The highest BCUT2D eigenvalue weighted by molar-refractivity contribution is 5.85. The van der Waals surface area contributed by atoms with Crippen LogP contribution >= 0.6 is 24.8 Å². The van der Waals surface area contributed by atoms with Crippen LogP contribution in [0.15, 0.2) is 60.7 Å². The van der Waals surface area contributed by atoms with Gasteiger partial charge in [-0.2, -0.15) is 0 Å². The molecule has 0 spiro atoms. The largest absolute Gasteiger partial charge is 0.367 e. The molecule has 0 radical (unpaired) electrons. The zero-order valence-electron chi connectivity index (χ0n) is 13.8. The summed E-state index contributed by atoms with van der Waals surface area (Å²) >= 11 is 0. The summed E-state index contributed by atoms with van der Waals surface area (Å²) in [5, 5.41) is 3.38. The van der Waals surface area contributed by atoms with Gasteiger partial charge in [-0.3, -0.25) is 4.90 Å². The second-order valence-corrected chi connectivity index (χ2v) is 5.66. The van der Waals surface area contributed by atoms with E-state index >= 15 is 0 Å². The Balaban J connectivity index is 0.00000144. The van der Waals surface area contributed by atoms with E-state index < -0.39 is 0 Å². The highest BCUT2D eigenvalue weighted by atomic mass is 35.5.